The third-order valence-corrected chi connectivity index (χ3v) is 2.85. The zero-order chi connectivity index (χ0) is 9.42. The molecule has 1 heterocycles. The van der Waals surface area contributed by atoms with E-state index in [1.54, 1.807) is 6.92 Å². The van der Waals surface area contributed by atoms with Crippen molar-refractivity contribution in [2.45, 2.75) is 13.0 Å². The molecule has 0 aromatic carbocycles. The molecule has 1 aliphatic heterocycles. The molecule has 0 aromatic rings. The second-order valence-electron chi connectivity index (χ2n) is 3.75. The molecule has 0 bridgehead atoms. The molecule has 2 unspecified atom stereocenters. The van der Waals surface area contributed by atoms with Gasteiger partial charge >= 0.3 is 0 Å². The van der Waals surface area contributed by atoms with E-state index < -0.39 is 5.92 Å². The van der Waals surface area contributed by atoms with E-state index in [4.69, 9.17) is 10.00 Å². The topological polar surface area (TPSA) is 62.1 Å². The first-order chi connectivity index (χ1) is 6.24. The number of ether oxygens (including phenoxy) is 1. The molecule has 2 fully saturated rings. The van der Waals surface area contributed by atoms with E-state index in [9.17, 15) is 4.79 Å². The van der Waals surface area contributed by atoms with Crippen LogP contribution in [0.15, 0.2) is 0 Å². The van der Waals surface area contributed by atoms with Gasteiger partial charge in [-0.25, -0.2) is 0 Å². The van der Waals surface area contributed by atoms with Crippen LogP contribution in [0.4, 0.5) is 0 Å². The first-order valence-electron chi connectivity index (χ1n) is 4.51. The standard InChI is InChI=1S/C9H12N2O2/c1-5(2-10)9(12)11-8-6-3-13-4-7(6)8/h5-8H,3-4H2,1H3,(H,11,12)/t5?,6-,7+,8?. The molecule has 70 valence electrons. The number of amides is 1. The van der Waals surface area contributed by atoms with Gasteiger partial charge in [-0.2, -0.15) is 5.26 Å². The van der Waals surface area contributed by atoms with Crippen molar-refractivity contribution in [3.05, 3.63) is 0 Å². The molecule has 0 spiro atoms. The molecule has 1 aliphatic carbocycles. The van der Waals surface area contributed by atoms with Crippen molar-refractivity contribution in [2.24, 2.45) is 17.8 Å². The van der Waals surface area contributed by atoms with Crippen molar-refractivity contribution in [1.29, 1.82) is 5.26 Å². The first-order valence-corrected chi connectivity index (χ1v) is 4.51. The lowest BCUT2D eigenvalue weighted by Crippen LogP contribution is -2.33. The van der Waals surface area contributed by atoms with E-state index in [0.717, 1.165) is 13.2 Å². The predicted molar refractivity (Wildman–Crippen MR) is 44.5 cm³/mol. The fourth-order valence-corrected chi connectivity index (χ4v) is 1.80. The van der Waals surface area contributed by atoms with E-state index in [1.165, 1.54) is 0 Å². The zero-order valence-corrected chi connectivity index (χ0v) is 7.49. The van der Waals surface area contributed by atoms with Gasteiger partial charge in [0.25, 0.3) is 0 Å². The van der Waals surface area contributed by atoms with Crippen LogP contribution in [-0.2, 0) is 9.53 Å². The van der Waals surface area contributed by atoms with Crippen LogP contribution in [-0.4, -0.2) is 25.2 Å². The SMILES string of the molecule is CC(C#N)C(=O)NC1[C@H]2COC[C@@H]12. The van der Waals surface area contributed by atoms with Crippen LogP contribution in [0.1, 0.15) is 6.92 Å². The van der Waals surface area contributed by atoms with Gasteiger partial charge in [0, 0.05) is 17.9 Å². The van der Waals surface area contributed by atoms with E-state index >= 15 is 0 Å². The highest BCUT2D eigenvalue weighted by molar-refractivity contribution is 5.81. The van der Waals surface area contributed by atoms with Crippen LogP contribution in [0.25, 0.3) is 0 Å². The summed E-state index contributed by atoms with van der Waals surface area (Å²) in [7, 11) is 0. The molecule has 0 aromatic heterocycles. The van der Waals surface area contributed by atoms with Crippen molar-refractivity contribution in [2.75, 3.05) is 13.2 Å². The molecule has 1 N–H and O–H groups in total. The Balaban J connectivity index is 1.81. The molecule has 4 nitrogen and oxygen atoms in total. The Morgan fingerprint density at radius 1 is 1.62 bits per heavy atom. The van der Waals surface area contributed by atoms with Gasteiger partial charge in [-0.1, -0.05) is 0 Å². The van der Waals surface area contributed by atoms with Gasteiger partial charge in [-0.05, 0) is 6.92 Å². The Hall–Kier alpha value is -1.08. The van der Waals surface area contributed by atoms with Crippen LogP contribution in [0.5, 0.6) is 0 Å². The summed E-state index contributed by atoms with van der Waals surface area (Å²) in [5.74, 6) is 0.328. The molecular weight excluding hydrogens is 168 g/mol. The van der Waals surface area contributed by atoms with E-state index in [-0.39, 0.29) is 11.9 Å². The number of rotatable bonds is 2. The number of carbonyl (C=O) groups excluding carboxylic acids is 1. The number of carbonyl (C=O) groups is 1. The molecule has 13 heavy (non-hydrogen) atoms. The molecule has 2 aliphatic rings. The van der Waals surface area contributed by atoms with Crippen molar-refractivity contribution >= 4 is 5.91 Å². The fraction of sp³-hybridized carbons (Fsp3) is 0.778. The van der Waals surface area contributed by atoms with Crippen LogP contribution in [0.2, 0.25) is 0 Å². The molecule has 0 radical (unpaired) electrons. The summed E-state index contributed by atoms with van der Waals surface area (Å²) in [6.07, 6.45) is 0. The normalized spacial score (nSPS) is 37.4. The molecule has 4 atom stereocenters. The summed E-state index contributed by atoms with van der Waals surface area (Å²) in [4.78, 5) is 11.3. The second kappa shape index (κ2) is 3.00. The summed E-state index contributed by atoms with van der Waals surface area (Å²) in [6.45, 7) is 3.14. The van der Waals surface area contributed by atoms with Gasteiger partial charge in [0.15, 0.2) is 0 Å². The lowest BCUT2D eigenvalue weighted by Gasteiger charge is -2.07. The zero-order valence-electron chi connectivity index (χ0n) is 7.49. The van der Waals surface area contributed by atoms with Gasteiger partial charge in [0.1, 0.15) is 5.92 Å². The molecular formula is C9H12N2O2. The van der Waals surface area contributed by atoms with Crippen molar-refractivity contribution in [3.63, 3.8) is 0 Å². The molecule has 1 saturated carbocycles. The van der Waals surface area contributed by atoms with E-state index in [2.05, 4.69) is 5.32 Å². The Labute approximate surface area is 76.9 Å². The molecule has 2 rings (SSSR count). The average molecular weight is 180 g/mol. The summed E-state index contributed by atoms with van der Waals surface area (Å²) >= 11 is 0. The minimum Gasteiger partial charge on any atom is -0.381 e. The predicted octanol–water partition coefficient (Wildman–Crippen LogP) is -0.0929. The highest BCUT2D eigenvalue weighted by atomic mass is 16.5. The number of fused-ring (bicyclic) bond motifs is 1. The van der Waals surface area contributed by atoms with Crippen molar-refractivity contribution in [1.82, 2.24) is 5.32 Å². The molecule has 1 amide bonds. The van der Waals surface area contributed by atoms with Crippen molar-refractivity contribution in [3.8, 4) is 6.07 Å². The molecule has 4 heteroatoms. The summed E-state index contributed by atoms with van der Waals surface area (Å²) < 4.78 is 5.19. The minimum atomic E-state index is -0.540. The highest BCUT2D eigenvalue weighted by Crippen LogP contribution is 2.44. The van der Waals surface area contributed by atoms with Crippen LogP contribution < -0.4 is 5.32 Å². The number of hydrogen-bond acceptors (Lipinski definition) is 3. The average Bonchev–Trinajstić information content (AvgIpc) is 2.63. The van der Waals surface area contributed by atoms with E-state index in [0.29, 0.717) is 11.8 Å². The second-order valence-corrected chi connectivity index (χ2v) is 3.75. The Morgan fingerprint density at radius 3 is 2.77 bits per heavy atom. The summed E-state index contributed by atoms with van der Waals surface area (Å²) in [5.41, 5.74) is 0. The quantitative estimate of drug-likeness (QED) is 0.645. The Kier molecular flexibility index (Phi) is 1.97. The largest absolute Gasteiger partial charge is 0.381 e. The van der Waals surface area contributed by atoms with Gasteiger partial charge in [-0.15, -0.1) is 0 Å². The fourth-order valence-electron chi connectivity index (χ4n) is 1.80. The lowest BCUT2D eigenvalue weighted by atomic mass is 10.2. The number of nitrogens with zero attached hydrogens (tertiary/aromatic N) is 1. The maximum Gasteiger partial charge on any atom is 0.237 e. The number of nitriles is 1. The maximum atomic E-state index is 11.3. The van der Waals surface area contributed by atoms with Gasteiger partial charge in [-0.3, -0.25) is 4.79 Å². The maximum absolute atomic E-state index is 11.3. The Morgan fingerprint density at radius 2 is 2.23 bits per heavy atom. The number of hydrogen-bond donors (Lipinski definition) is 1. The summed E-state index contributed by atoms with van der Waals surface area (Å²) in [5, 5.41) is 11.4. The van der Waals surface area contributed by atoms with Crippen molar-refractivity contribution < 1.29 is 9.53 Å². The third kappa shape index (κ3) is 1.40. The Bertz CT molecular complexity index is 261. The minimum absolute atomic E-state index is 0.151. The van der Waals surface area contributed by atoms with Gasteiger partial charge < -0.3 is 10.1 Å². The van der Waals surface area contributed by atoms with E-state index in [1.807, 2.05) is 6.07 Å². The van der Waals surface area contributed by atoms with Gasteiger partial charge in [0.2, 0.25) is 5.91 Å². The highest BCUT2D eigenvalue weighted by Gasteiger charge is 2.54. The summed E-state index contributed by atoms with van der Waals surface area (Å²) in [6, 6.07) is 2.20. The molecule has 1 saturated heterocycles. The van der Waals surface area contributed by atoms with Crippen LogP contribution in [0.3, 0.4) is 0 Å². The first kappa shape index (κ1) is 8.52. The third-order valence-electron chi connectivity index (χ3n) is 2.85. The smallest absolute Gasteiger partial charge is 0.237 e. The van der Waals surface area contributed by atoms with Gasteiger partial charge in [0.05, 0.1) is 19.3 Å². The number of nitrogens with one attached hydrogen (secondary N) is 1. The lowest BCUT2D eigenvalue weighted by molar-refractivity contribution is -0.123. The monoisotopic (exact) mass is 180 g/mol. The van der Waals surface area contributed by atoms with Crippen LogP contribution >= 0.6 is 0 Å². The van der Waals surface area contributed by atoms with Crippen LogP contribution in [0, 0.1) is 29.1 Å².